The molecule has 0 atom stereocenters. The number of rotatable bonds is 7. The minimum atomic E-state index is -0.454. The minimum Gasteiger partial charge on any atom is -0.368 e. The molecular weight excluding hydrogens is 290 g/mol. The standard InChI is InChI=1S/C15H29N3O2.ClH/c1-12(2)9-18(10-13(17)19)14(20)8-15(11-16)6-4-3-5-7-15;/h12H,3-11,16H2,1-2H3,(H2,17,19);1H. The third-order valence-corrected chi connectivity index (χ3v) is 4.16. The summed E-state index contributed by atoms with van der Waals surface area (Å²) in [4.78, 5) is 25.2. The summed E-state index contributed by atoms with van der Waals surface area (Å²) in [6.07, 6.45) is 5.99. The Hall–Kier alpha value is -0.810. The van der Waals surface area contributed by atoms with Gasteiger partial charge in [0.05, 0.1) is 6.54 Å². The lowest BCUT2D eigenvalue weighted by Crippen LogP contribution is -2.44. The largest absolute Gasteiger partial charge is 0.368 e. The summed E-state index contributed by atoms with van der Waals surface area (Å²) in [5, 5.41) is 0. The Morgan fingerprint density at radius 3 is 2.19 bits per heavy atom. The van der Waals surface area contributed by atoms with Crippen LogP contribution in [0.4, 0.5) is 0 Å². The minimum absolute atomic E-state index is 0. The maximum absolute atomic E-state index is 12.5. The van der Waals surface area contributed by atoms with Crippen molar-refractivity contribution in [2.45, 2.75) is 52.4 Å². The molecule has 0 unspecified atom stereocenters. The Labute approximate surface area is 134 Å². The molecule has 0 spiro atoms. The number of nitrogens with two attached hydrogens (primary N) is 2. The van der Waals surface area contributed by atoms with E-state index >= 15 is 0 Å². The summed E-state index contributed by atoms with van der Waals surface area (Å²) in [5.74, 6) is -0.118. The quantitative estimate of drug-likeness (QED) is 0.748. The van der Waals surface area contributed by atoms with Crippen LogP contribution in [0.25, 0.3) is 0 Å². The zero-order valence-corrected chi connectivity index (χ0v) is 14.1. The highest BCUT2D eigenvalue weighted by Gasteiger charge is 2.34. The van der Waals surface area contributed by atoms with Crippen LogP contribution in [0.2, 0.25) is 0 Å². The number of amides is 2. The number of hydrogen-bond acceptors (Lipinski definition) is 3. The third kappa shape index (κ3) is 6.66. The molecule has 0 heterocycles. The van der Waals surface area contributed by atoms with Crippen molar-refractivity contribution in [2.24, 2.45) is 22.8 Å². The van der Waals surface area contributed by atoms with Gasteiger partial charge in [0, 0.05) is 13.0 Å². The number of carbonyl (C=O) groups excluding carboxylic acids is 2. The van der Waals surface area contributed by atoms with Crippen molar-refractivity contribution in [1.29, 1.82) is 0 Å². The zero-order chi connectivity index (χ0) is 15.2. The lowest BCUT2D eigenvalue weighted by molar-refractivity contribution is -0.138. The van der Waals surface area contributed by atoms with Crippen molar-refractivity contribution >= 4 is 24.2 Å². The van der Waals surface area contributed by atoms with E-state index in [0.717, 1.165) is 25.7 Å². The SMILES string of the molecule is CC(C)CN(CC(N)=O)C(=O)CC1(CN)CCCCC1.Cl. The molecule has 1 fully saturated rings. The highest BCUT2D eigenvalue weighted by atomic mass is 35.5. The van der Waals surface area contributed by atoms with Crippen LogP contribution < -0.4 is 11.5 Å². The Kier molecular flexibility index (Phi) is 8.90. The molecule has 0 aromatic heterocycles. The van der Waals surface area contributed by atoms with E-state index in [2.05, 4.69) is 0 Å². The van der Waals surface area contributed by atoms with Crippen LogP contribution in [0.1, 0.15) is 52.4 Å². The monoisotopic (exact) mass is 319 g/mol. The van der Waals surface area contributed by atoms with Crippen molar-refractivity contribution < 1.29 is 9.59 Å². The number of hydrogen-bond donors (Lipinski definition) is 2. The second kappa shape index (κ2) is 9.26. The average Bonchev–Trinajstić information content (AvgIpc) is 2.38. The van der Waals surface area contributed by atoms with Crippen molar-refractivity contribution in [2.75, 3.05) is 19.6 Å². The molecule has 0 aromatic rings. The maximum atomic E-state index is 12.5. The second-order valence-electron chi connectivity index (χ2n) is 6.58. The van der Waals surface area contributed by atoms with Gasteiger partial charge >= 0.3 is 0 Å². The summed E-state index contributed by atoms with van der Waals surface area (Å²) in [6, 6.07) is 0. The lowest BCUT2D eigenvalue weighted by Gasteiger charge is -2.37. The molecule has 1 aliphatic rings. The molecule has 0 radical (unpaired) electrons. The van der Waals surface area contributed by atoms with Gasteiger partial charge in [-0.15, -0.1) is 12.4 Å². The molecule has 6 heteroatoms. The zero-order valence-electron chi connectivity index (χ0n) is 13.3. The summed E-state index contributed by atoms with van der Waals surface area (Å²) in [6.45, 7) is 5.19. The van der Waals surface area contributed by atoms with Gasteiger partial charge < -0.3 is 16.4 Å². The third-order valence-electron chi connectivity index (χ3n) is 4.16. The molecule has 0 saturated heterocycles. The van der Waals surface area contributed by atoms with Crippen molar-refractivity contribution in [3.8, 4) is 0 Å². The number of halogens is 1. The molecule has 0 aliphatic heterocycles. The normalized spacial score (nSPS) is 17.1. The fourth-order valence-electron chi connectivity index (χ4n) is 3.07. The highest BCUT2D eigenvalue weighted by Crippen LogP contribution is 2.38. The summed E-state index contributed by atoms with van der Waals surface area (Å²) < 4.78 is 0. The van der Waals surface area contributed by atoms with Gasteiger partial charge in [-0.1, -0.05) is 33.1 Å². The van der Waals surface area contributed by atoms with E-state index in [1.807, 2.05) is 13.8 Å². The van der Waals surface area contributed by atoms with Crippen LogP contribution in [-0.4, -0.2) is 36.3 Å². The van der Waals surface area contributed by atoms with Crippen LogP contribution in [0.3, 0.4) is 0 Å². The number of carbonyl (C=O) groups is 2. The van der Waals surface area contributed by atoms with Gasteiger partial charge in [0.25, 0.3) is 0 Å². The first-order valence-corrected chi connectivity index (χ1v) is 7.65. The maximum Gasteiger partial charge on any atom is 0.237 e. The van der Waals surface area contributed by atoms with Gasteiger partial charge in [-0.25, -0.2) is 0 Å². The van der Waals surface area contributed by atoms with E-state index in [-0.39, 0.29) is 30.3 Å². The smallest absolute Gasteiger partial charge is 0.237 e. The van der Waals surface area contributed by atoms with Crippen molar-refractivity contribution in [1.82, 2.24) is 4.90 Å². The van der Waals surface area contributed by atoms with Gasteiger partial charge in [0.2, 0.25) is 11.8 Å². The fraction of sp³-hybridized carbons (Fsp3) is 0.867. The van der Waals surface area contributed by atoms with Crippen molar-refractivity contribution in [3.05, 3.63) is 0 Å². The number of primary amides is 1. The van der Waals surface area contributed by atoms with Gasteiger partial charge in [0.1, 0.15) is 0 Å². The van der Waals surface area contributed by atoms with Crippen molar-refractivity contribution in [3.63, 3.8) is 0 Å². The molecule has 21 heavy (non-hydrogen) atoms. The average molecular weight is 320 g/mol. The number of nitrogens with zero attached hydrogens (tertiary/aromatic N) is 1. The van der Waals surface area contributed by atoms with E-state index in [9.17, 15) is 9.59 Å². The summed E-state index contributed by atoms with van der Waals surface area (Å²) in [7, 11) is 0. The summed E-state index contributed by atoms with van der Waals surface area (Å²) in [5.41, 5.74) is 11.1. The molecule has 124 valence electrons. The molecule has 1 aliphatic carbocycles. The fourth-order valence-corrected chi connectivity index (χ4v) is 3.07. The lowest BCUT2D eigenvalue weighted by atomic mass is 9.71. The molecule has 0 aromatic carbocycles. The van der Waals surface area contributed by atoms with Gasteiger partial charge in [-0.3, -0.25) is 9.59 Å². The molecule has 0 bridgehead atoms. The molecule has 4 N–H and O–H groups in total. The first-order valence-electron chi connectivity index (χ1n) is 7.65. The summed E-state index contributed by atoms with van der Waals surface area (Å²) >= 11 is 0. The van der Waals surface area contributed by atoms with E-state index in [0.29, 0.717) is 25.4 Å². The van der Waals surface area contributed by atoms with E-state index < -0.39 is 5.91 Å². The predicted octanol–water partition coefficient (Wildman–Crippen LogP) is 1.68. The van der Waals surface area contributed by atoms with Gasteiger partial charge in [0.15, 0.2) is 0 Å². The Morgan fingerprint density at radius 1 is 1.19 bits per heavy atom. The first-order chi connectivity index (χ1) is 9.38. The molecule has 1 rings (SSSR count). The van der Waals surface area contributed by atoms with Crippen LogP contribution in [-0.2, 0) is 9.59 Å². The first kappa shape index (κ1) is 20.2. The highest BCUT2D eigenvalue weighted by molar-refractivity contribution is 5.85. The van der Waals surface area contributed by atoms with Gasteiger partial charge in [-0.2, -0.15) is 0 Å². The van der Waals surface area contributed by atoms with Crippen LogP contribution in [0.15, 0.2) is 0 Å². The Balaban J connectivity index is 0.00000400. The van der Waals surface area contributed by atoms with Crippen LogP contribution in [0, 0.1) is 11.3 Å². The molecule has 2 amide bonds. The van der Waals surface area contributed by atoms with Crippen LogP contribution in [0.5, 0.6) is 0 Å². The second-order valence-corrected chi connectivity index (χ2v) is 6.58. The molecule has 5 nitrogen and oxygen atoms in total. The van der Waals surface area contributed by atoms with E-state index in [1.165, 1.54) is 6.42 Å². The van der Waals surface area contributed by atoms with E-state index in [1.54, 1.807) is 4.90 Å². The molecule has 1 saturated carbocycles. The topological polar surface area (TPSA) is 89.4 Å². The molecular formula is C15H30ClN3O2. The van der Waals surface area contributed by atoms with E-state index in [4.69, 9.17) is 11.5 Å². The predicted molar refractivity (Wildman–Crippen MR) is 87.0 cm³/mol. The van der Waals surface area contributed by atoms with Crippen LogP contribution >= 0.6 is 12.4 Å². The Morgan fingerprint density at radius 2 is 1.76 bits per heavy atom. The van der Waals surface area contributed by atoms with Gasteiger partial charge in [-0.05, 0) is 30.7 Å². The Bertz CT molecular complexity index is 342.